The van der Waals surface area contributed by atoms with E-state index in [2.05, 4.69) is 15.5 Å². The molecular formula is C10H19N3O2. The second-order valence-corrected chi connectivity index (χ2v) is 4.43. The van der Waals surface area contributed by atoms with E-state index >= 15 is 0 Å². The van der Waals surface area contributed by atoms with E-state index in [1.807, 2.05) is 0 Å². The maximum Gasteiger partial charge on any atom is 0.314 e. The van der Waals surface area contributed by atoms with Gasteiger partial charge in [0.2, 0.25) is 0 Å². The topological polar surface area (TPSA) is 64.6 Å². The molecule has 0 spiro atoms. The number of hydrogen-bond donors (Lipinski definition) is 3. The Labute approximate surface area is 89.8 Å². The molecular weight excluding hydrogens is 194 g/mol. The van der Waals surface area contributed by atoms with Gasteiger partial charge in [-0.3, -0.25) is 4.90 Å². The fraction of sp³-hybridized carbons (Fsp3) is 0.900. The fourth-order valence-electron chi connectivity index (χ4n) is 2.68. The van der Waals surface area contributed by atoms with Crippen LogP contribution in [0.3, 0.4) is 0 Å². The normalized spacial score (nSPS) is 36.0. The number of aliphatic hydroxyl groups excluding tert-OH is 1. The Morgan fingerprint density at radius 2 is 2.33 bits per heavy atom. The summed E-state index contributed by atoms with van der Waals surface area (Å²) in [6.07, 6.45) is 2.64. The van der Waals surface area contributed by atoms with Crippen LogP contribution in [0.15, 0.2) is 0 Å². The van der Waals surface area contributed by atoms with Crippen molar-refractivity contribution < 1.29 is 9.90 Å². The zero-order chi connectivity index (χ0) is 10.8. The number of nitrogens with zero attached hydrogens (tertiary/aromatic N) is 1. The largest absolute Gasteiger partial charge is 0.391 e. The van der Waals surface area contributed by atoms with Crippen LogP contribution < -0.4 is 10.6 Å². The molecule has 0 saturated carbocycles. The molecule has 0 aromatic carbocycles. The lowest BCUT2D eigenvalue weighted by molar-refractivity contribution is 0.0202. The molecule has 86 valence electrons. The van der Waals surface area contributed by atoms with E-state index in [1.54, 1.807) is 7.05 Å². The van der Waals surface area contributed by atoms with Gasteiger partial charge in [0.15, 0.2) is 0 Å². The van der Waals surface area contributed by atoms with Crippen molar-refractivity contribution >= 4 is 6.03 Å². The van der Waals surface area contributed by atoms with E-state index in [9.17, 15) is 9.90 Å². The maximum atomic E-state index is 11.2. The van der Waals surface area contributed by atoms with Gasteiger partial charge in [0.25, 0.3) is 0 Å². The Bertz CT molecular complexity index is 247. The van der Waals surface area contributed by atoms with Crippen molar-refractivity contribution in [2.75, 3.05) is 20.1 Å². The smallest absolute Gasteiger partial charge is 0.314 e. The van der Waals surface area contributed by atoms with Crippen molar-refractivity contribution in [2.24, 2.45) is 0 Å². The van der Waals surface area contributed by atoms with Crippen molar-refractivity contribution in [1.29, 1.82) is 0 Å². The summed E-state index contributed by atoms with van der Waals surface area (Å²) in [7, 11) is 1.60. The highest BCUT2D eigenvalue weighted by atomic mass is 16.3. The van der Waals surface area contributed by atoms with Gasteiger partial charge in [0, 0.05) is 25.7 Å². The van der Waals surface area contributed by atoms with Crippen LogP contribution in [0.5, 0.6) is 0 Å². The molecule has 3 atom stereocenters. The summed E-state index contributed by atoms with van der Waals surface area (Å²) in [5.74, 6) is 0. The third-order valence-corrected chi connectivity index (χ3v) is 3.40. The van der Waals surface area contributed by atoms with Crippen LogP contribution in [-0.4, -0.2) is 54.4 Å². The highest BCUT2D eigenvalue weighted by Gasteiger charge is 2.38. The molecule has 3 N–H and O–H groups in total. The monoisotopic (exact) mass is 213 g/mol. The lowest BCUT2D eigenvalue weighted by Gasteiger charge is -2.38. The lowest BCUT2D eigenvalue weighted by Crippen LogP contribution is -2.56. The van der Waals surface area contributed by atoms with Crippen molar-refractivity contribution in [3.05, 3.63) is 0 Å². The number of amides is 2. The Kier molecular flexibility index (Phi) is 3.11. The van der Waals surface area contributed by atoms with Crippen LogP contribution in [0.4, 0.5) is 4.79 Å². The molecule has 0 radical (unpaired) electrons. The van der Waals surface area contributed by atoms with E-state index in [0.717, 1.165) is 25.9 Å². The van der Waals surface area contributed by atoms with E-state index in [1.165, 1.54) is 0 Å². The molecule has 2 heterocycles. The van der Waals surface area contributed by atoms with Crippen LogP contribution in [0.1, 0.15) is 19.3 Å². The van der Waals surface area contributed by atoms with Gasteiger partial charge < -0.3 is 15.7 Å². The molecule has 5 nitrogen and oxygen atoms in total. The van der Waals surface area contributed by atoms with Crippen LogP contribution in [0.2, 0.25) is 0 Å². The van der Waals surface area contributed by atoms with Gasteiger partial charge in [-0.25, -0.2) is 4.79 Å². The number of fused-ring (bicyclic) bond motifs is 1. The second kappa shape index (κ2) is 4.37. The Morgan fingerprint density at radius 3 is 3.07 bits per heavy atom. The highest BCUT2D eigenvalue weighted by molar-refractivity contribution is 5.73. The third-order valence-electron chi connectivity index (χ3n) is 3.40. The standard InChI is InChI=1S/C10H19N3O2/c1-11-10(15)12-7-5-9(14)8-3-2-4-13(8)6-7/h7-9,14H,2-6H2,1H3,(H2,11,12,15). The molecule has 2 saturated heterocycles. The summed E-state index contributed by atoms with van der Waals surface area (Å²) < 4.78 is 0. The molecule has 15 heavy (non-hydrogen) atoms. The van der Waals surface area contributed by atoms with E-state index < -0.39 is 0 Å². The van der Waals surface area contributed by atoms with Gasteiger partial charge in [-0.1, -0.05) is 0 Å². The van der Waals surface area contributed by atoms with Crippen LogP contribution in [-0.2, 0) is 0 Å². The van der Waals surface area contributed by atoms with Crippen molar-refractivity contribution in [3.63, 3.8) is 0 Å². The van der Waals surface area contributed by atoms with Gasteiger partial charge >= 0.3 is 6.03 Å². The molecule has 2 aliphatic heterocycles. The van der Waals surface area contributed by atoms with E-state index in [4.69, 9.17) is 0 Å². The number of hydrogen-bond acceptors (Lipinski definition) is 3. The summed E-state index contributed by atoms with van der Waals surface area (Å²) in [5.41, 5.74) is 0. The molecule has 5 heteroatoms. The SMILES string of the molecule is CNC(=O)NC1CC(O)C2CCCN2C1. The number of nitrogens with one attached hydrogen (secondary N) is 2. The highest BCUT2D eigenvalue weighted by Crippen LogP contribution is 2.27. The summed E-state index contributed by atoms with van der Waals surface area (Å²) in [5, 5.41) is 15.3. The molecule has 2 amide bonds. The van der Waals surface area contributed by atoms with Crippen LogP contribution in [0.25, 0.3) is 0 Å². The molecule has 2 aliphatic rings. The van der Waals surface area contributed by atoms with Crippen LogP contribution in [0, 0.1) is 0 Å². The molecule has 0 aromatic rings. The number of rotatable bonds is 1. The summed E-state index contributed by atoms with van der Waals surface area (Å²) >= 11 is 0. The first-order valence-electron chi connectivity index (χ1n) is 5.61. The predicted octanol–water partition coefficient (Wildman–Crippen LogP) is -0.487. The van der Waals surface area contributed by atoms with Gasteiger partial charge in [0.1, 0.15) is 0 Å². The van der Waals surface area contributed by atoms with Gasteiger partial charge in [0.05, 0.1) is 6.10 Å². The van der Waals surface area contributed by atoms with E-state index in [-0.39, 0.29) is 18.2 Å². The fourth-order valence-corrected chi connectivity index (χ4v) is 2.68. The van der Waals surface area contributed by atoms with Gasteiger partial charge in [-0.2, -0.15) is 0 Å². The maximum absolute atomic E-state index is 11.2. The minimum Gasteiger partial charge on any atom is -0.391 e. The summed E-state index contributed by atoms with van der Waals surface area (Å²) in [6.45, 7) is 1.92. The Hall–Kier alpha value is -0.810. The number of aliphatic hydroxyl groups is 1. The molecule has 0 aromatic heterocycles. The lowest BCUT2D eigenvalue weighted by atomic mass is 9.96. The number of piperidine rings is 1. The van der Waals surface area contributed by atoms with Crippen molar-refractivity contribution in [2.45, 2.75) is 37.5 Å². The minimum absolute atomic E-state index is 0.0781. The van der Waals surface area contributed by atoms with Crippen molar-refractivity contribution in [3.8, 4) is 0 Å². The number of carbonyl (C=O) groups excluding carboxylic acids is 1. The van der Waals surface area contributed by atoms with Gasteiger partial charge in [-0.15, -0.1) is 0 Å². The molecule has 0 aliphatic carbocycles. The molecule has 2 fully saturated rings. The zero-order valence-corrected chi connectivity index (χ0v) is 9.07. The van der Waals surface area contributed by atoms with Crippen molar-refractivity contribution in [1.82, 2.24) is 15.5 Å². The third kappa shape index (κ3) is 2.23. The first kappa shape index (κ1) is 10.7. The minimum atomic E-state index is -0.289. The Balaban J connectivity index is 1.91. The molecule has 2 rings (SSSR count). The first-order valence-corrected chi connectivity index (χ1v) is 5.61. The molecule has 0 bridgehead atoms. The zero-order valence-electron chi connectivity index (χ0n) is 9.07. The van der Waals surface area contributed by atoms with Crippen LogP contribution >= 0.6 is 0 Å². The first-order chi connectivity index (χ1) is 7.20. The Morgan fingerprint density at radius 1 is 1.53 bits per heavy atom. The van der Waals surface area contributed by atoms with Gasteiger partial charge in [-0.05, 0) is 25.8 Å². The summed E-state index contributed by atoms with van der Waals surface area (Å²) in [6, 6.07) is 0.242. The number of carbonyl (C=O) groups is 1. The average Bonchev–Trinajstić information content (AvgIpc) is 2.66. The predicted molar refractivity (Wildman–Crippen MR) is 56.6 cm³/mol. The summed E-state index contributed by atoms with van der Waals surface area (Å²) in [4.78, 5) is 13.4. The molecule has 3 unspecified atom stereocenters. The quantitative estimate of drug-likeness (QED) is 0.551. The number of urea groups is 1. The van der Waals surface area contributed by atoms with E-state index in [0.29, 0.717) is 12.5 Å². The second-order valence-electron chi connectivity index (χ2n) is 4.43. The average molecular weight is 213 g/mol.